The largest absolute Gasteiger partial charge is 0.389 e. The first-order valence-electron chi connectivity index (χ1n) is 7.89. The molecule has 4 fully saturated rings. The van der Waals surface area contributed by atoms with Gasteiger partial charge in [-0.1, -0.05) is 6.42 Å². The van der Waals surface area contributed by atoms with Crippen LogP contribution in [0.2, 0.25) is 0 Å². The molecule has 2 aliphatic carbocycles. The van der Waals surface area contributed by atoms with E-state index in [0.717, 1.165) is 43.4 Å². The van der Waals surface area contributed by atoms with Gasteiger partial charge in [0.2, 0.25) is 0 Å². The molecule has 4 aliphatic rings. The van der Waals surface area contributed by atoms with Gasteiger partial charge in [0, 0.05) is 30.5 Å². The number of hydrogen-bond donors (Lipinski definition) is 2. The van der Waals surface area contributed by atoms with E-state index in [0.29, 0.717) is 17.6 Å². The number of ether oxygens (including phenoxy) is 1. The van der Waals surface area contributed by atoms with Crippen LogP contribution in [0.1, 0.15) is 38.5 Å². The molecule has 0 aromatic rings. The number of aliphatic hydroxyl groups is 1. The molecular weight excluding hydrogens is 258 g/mol. The maximum atomic E-state index is 10.6. The third kappa shape index (κ3) is 1.90. The molecule has 0 aromatic heterocycles. The third-order valence-electron chi connectivity index (χ3n) is 6.11. The van der Waals surface area contributed by atoms with Crippen molar-refractivity contribution in [2.45, 2.75) is 56.3 Å². The molecule has 19 heavy (non-hydrogen) atoms. The smallest absolute Gasteiger partial charge is 0.0787 e. The second-order valence-electron chi connectivity index (χ2n) is 7.03. The Labute approximate surface area is 119 Å². The van der Waals surface area contributed by atoms with E-state index >= 15 is 0 Å². The maximum absolute atomic E-state index is 10.6. The van der Waals surface area contributed by atoms with Gasteiger partial charge < -0.3 is 15.2 Å². The van der Waals surface area contributed by atoms with Crippen molar-refractivity contribution in [3.05, 3.63) is 0 Å². The van der Waals surface area contributed by atoms with Crippen molar-refractivity contribution >= 4 is 11.8 Å². The Balaban J connectivity index is 1.39. The Morgan fingerprint density at radius 1 is 1.21 bits per heavy atom. The zero-order valence-electron chi connectivity index (χ0n) is 11.6. The lowest BCUT2D eigenvalue weighted by atomic mass is 9.46. The van der Waals surface area contributed by atoms with Crippen LogP contribution in [0.4, 0.5) is 0 Å². The van der Waals surface area contributed by atoms with Crippen LogP contribution in [0.25, 0.3) is 0 Å². The molecule has 108 valence electrons. The van der Waals surface area contributed by atoms with E-state index in [1.54, 1.807) is 0 Å². The van der Waals surface area contributed by atoms with E-state index in [4.69, 9.17) is 4.74 Å². The molecule has 0 radical (unpaired) electrons. The van der Waals surface area contributed by atoms with Gasteiger partial charge in [0.25, 0.3) is 0 Å². The second-order valence-corrected chi connectivity index (χ2v) is 8.25. The molecular formula is C15H25NO2S. The zero-order valence-corrected chi connectivity index (χ0v) is 12.4. The third-order valence-corrected chi connectivity index (χ3v) is 7.10. The van der Waals surface area contributed by atoms with E-state index < -0.39 is 5.60 Å². The Morgan fingerprint density at radius 2 is 2.00 bits per heavy atom. The van der Waals surface area contributed by atoms with Crippen LogP contribution in [0, 0.1) is 11.3 Å². The van der Waals surface area contributed by atoms with E-state index in [1.807, 2.05) is 11.8 Å². The summed E-state index contributed by atoms with van der Waals surface area (Å²) in [6, 6.07) is 0.618. The fraction of sp³-hybridized carbons (Fsp3) is 1.00. The van der Waals surface area contributed by atoms with Crippen molar-refractivity contribution in [1.82, 2.24) is 5.32 Å². The highest BCUT2D eigenvalue weighted by Gasteiger charge is 2.66. The van der Waals surface area contributed by atoms with Gasteiger partial charge in [0.05, 0.1) is 11.7 Å². The van der Waals surface area contributed by atoms with Gasteiger partial charge >= 0.3 is 0 Å². The van der Waals surface area contributed by atoms with Crippen molar-refractivity contribution in [2.24, 2.45) is 11.3 Å². The van der Waals surface area contributed by atoms with Gasteiger partial charge in [-0.3, -0.25) is 0 Å². The average Bonchev–Trinajstić information content (AvgIpc) is 2.73. The summed E-state index contributed by atoms with van der Waals surface area (Å²) in [5.41, 5.74) is 0.00167. The molecule has 3 atom stereocenters. The van der Waals surface area contributed by atoms with Gasteiger partial charge in [-0.05, 0) is 43.6 Å². The SMILES string of the molecule is OC1(CNC2C3CCOC3C23CCC3)CCSCC1. The maximum Gasteiger partial charge on any atom is 0.0787 e. The molecule has 0 aromatic carbocycles. The summed E-state index contributed by atoms with van der Waals surface area (Å²) in [6.07, 6.45) is 7.70. The molecule has 2 aliphatic heterocycles. The van der Waals surface area contributed by atoms with Gasteiger partial charge in [-0.15, -0.1) is 0 Å². The van der Waals surface area contributed by atoms with Crippen molar-refractivity contribution in [3.8, 4) is 0 Å². The Hall–Kier alpha value is 0.230. The Bertz CT molecular complexity index is 352. The van der Waals surface area contributed by atoms with Crippen molar-refractivity contribution in [1.29, 1.82) is 0 Å². The van der Waals surface area contributed by atoms with Crippen molar-refractivity contribution in [3.63, 3.8) is 0 Å². The van der Waals surface area contributed by atoms with Crippen LogP contribution in [-0.2, 0) is 4.74 Å². The number of thioether (sulfide) groups is 1. The van der Waals surface area contributed by atoms with E-state index in [2.05, 4.69) is 5.32 Å². The molecule has 1 spiro atoms. The van der Waals surface area contributed by atoms with Gasteiger partial charge in [-0.2, -0.15) is 11.8 Å². The van der Waals surface area contributed by atoms with E-state index in [1.165, 1.54) is 25.7 Å². The number of nitrogens with one attached hydrogen (secondary N) is 1. The molecule has 3 unspecified atom stereocenters. The van der Waals surface area contributed by atoms with Crippen LogP contribution in [0.15, 0.2) is 0 Å². The summed E-state index contributed by atoms with van der Waals surface area (Å²) in [7, 11) is 0. The molecule has 0 bridgehead atoms. The van der Waals surface area contributed by atoms with Crippen LogP contribution in [0.5, 0.6) is 0 Å². The van der Waals surface area contributed by atoms with E-state index in [-0.39, 0.29) is 0 Å². The van der Waals surface area contributed by atoms with Gasteiger partial charge in [0.1, 0.15) is 0 Å². The standard InChI is InChI=1S/C15H25NO2S/c17-14(5-8-19-9-6-14)10-16-12-11-2-7-18-13(11)15(12)3-1-4-15/h11-13,16-17H,1-10H2. The quantitative estimate of drug-likeness (QED) is 0.828. The fourth-order valence-electron chi connectivity index (χ4n) is 4.79. The van der Waals surface area contributed by atoms with Gasteiger partial charge in [0.15, 0.2) is 0 Å². The number of rotatable bonds is 3. The monoisotopic (exact) mass is 283 g/mol. The summed E-state index contributed by atoms with van der Waals surface area (Å²) < 4.78 is 5.95. The first kappa shape index (κ1) is 12.9. The lowest BCUT2D eigenvalue weighted by Crippen LogP contribution is -2.72. The highest BCUT2D eigenvalue weighted by Crippen LogP contribution is 2.62. The minimum Gasteiger partial charge on any atom is -0.389 e. The summed E-state index contributed by atoms with van der Waals surface area (Å²) >= 11 is 1.97. The summed E-state index contributed by atoms with van der Waals surface area (Å²) in [6.45, 7) is 1.75. The number of fused-ring (bicyclic) bond motifs is 2. The highest BCUT2D eigenvalue weighted by molar-refractivity contribution is 7.99. The molecule has 2 saturated carbocycles. The normalized spacial score (nSPS) is 42.5. The summed E-state index contributed by atoms with van der Waals surface area (Å²) in [5, 5.41) is 14.4. The molecule has 4 rings (SSSR count). The molecule has 4 heteroatoms. The topological polar surface area (TPSA) is 41.5 Å². The molecule has 3 nitrogen and oxygen atoms in total. The lowest BCUT2D eigenvalue weighted by Gasteiger charge is -2.63. The molecule has 2 heterocycles. The molecule has 2 N–H and O–H groups in total. The predicted octanol–water partition coefficient (Wildman–Crippen LogP) is 1.79. The minimum atomic E-state index is -0.444. The zero-order chi connectivity index (χ0) is 12.9. The Morgan fingerprint density at radius 3 is 2.68 bits per heavy atom. The fourth-order valence-corrected chi connectivity index (χ4v) is 6.04. The first-order chi connectivity index (χ1) is 9.24. The van der Waals surface area contributed by atoms with Crippen molar-refractivity contribution in [2.75, 3.05) is 24.7 Å². The van der Waals surface area contributed by atoms with Crippen molar-refractivity contribution < 1.29 is 9.84 Å². The highest BCUT2D eigenvalue weighted by atomic mass is 32.2. The predicted molar refractivity (Wildman–Crippen MR) is 77.4 cm³/mol. The lowest BCUT2D eigenvalue weighted by molar-refractivity contribution is -0.179. The van der Waals surface area contributed by atoms with Gasteiger partial charge in [-0.25, -0.2) is 0 Å². The van der Waals surface area contributed by atoms with E-state index in [9.17, 15) is 5.11 Å². The second kappa shape index (κ2) is 4.62. The summed E-state index contributed by atoms with van der Waals surface area (Å²) in [4.78, 5) is 0. The average molecular weight is 283 g/mol. The Kier molecular flexibility index (Phi) is 3.14. The van der Waals surface area contributed by atoms with Crippen LogP contribution >= 0.6 is 11.8 Å². The number of hydrogen-bond acceptors (Lipinski definition) is 4. The summed E-state index contributed by atoms with van der Waals surface area (Å²) in [5.74, 6) is 2.95. The van der Waals surface area contributed by atoms with Crippen LogP contribution in [0.3, 0.4) is 0 Å². The molecule has 0 amide bonds. The van der Waals surface area contributed by atoms with Crippen LogP contribution in [-0.4, -0.2) is 47.5 Å². The minimum absolute atomic E-state index is 0.444. The van der Waals surface area contributed by atoms with Crippen LogP contribution < -0.4 is 5.32 Å². The molecule has 2 saturated heterocycles. The first-order valence-corrected chi connectivity index (χ1v) is 9.04.